The summed E-state index contributed by atoms with van der Waals surface area (Å²) in [5.41, 5.74) is 3.07. The molecule has 4 N–H and O–H groups in total. The average Bonchev–Trinajstić information content (AvgIpc) is 2.44. The monoisotopic (exact) mass is 355 g/mol. The number of benzene rings is 2. The van der Waals surface area contributed by atoms with Crippen LogP contribution >= 0.6 is 15.9 Å². The normalized spacial score (nSPS) is 10.3. The zero-order valence-corrected chi connectivity index (χ0v) is 12.6. The van der Waals surface area contributed by atoms with Gasteiger partial charge in [0.15, 0.2) is 0 Å². The van der Waals surface area contributed by atoms with Gasteiger partial charge in [-0.3, -0.25) is 10.6 Å². The van der Waals surface area contributed by atoms with Gasteiger partial charge < -0.3 is 10.7 Å². The van der Waals surface area contributed by atoms with Crippen molar-refractivity contribution < 1.29 is 13.6 Å². The van der Waals surface area contributed by atoms with E-state index in [9.17, 15) is 13.6 Å². The lowest BCUT2D eigenvalue weighted by Crippen LogP contribution is -2.18. The lowest BCUT2D eigenvalue weighted by atomic mass is 10.1. The van der Waals surface area contributed by atoms with Crippen LogP contribution in [0.15, 0.2) is 34.8 Å². The molecule has 0 heterocycles. The van der Waals surface area contributed by atoms with Crippen LogP contribution in [-0.4, -0.2) is 5.91 Å². The molecule has 0 saturated carbocycles. The Kier molecular flexibility index (Phi) is 4.54. The van der Waals surface area contributed by atoms with E-state index in [1.54, 1.807) is 6.92 Å². The second-order valence-electron chi connectivity index (χ2n) is 4.34. The topological polar surface area (TPSA) is 67.2 Å². The molecule has 110 valence electrons. The van der Waals surface area contributed by atoms with Gasteiger partial charge >= 0.3 is 0 Å². The predicted molar refractivity (Wildman–Crippen MR) is 81.0 cm³/mol. The maximum Gasteiger partial charge on any atom is 0.257 e. The first kappa shape index (κ1) is 15.4. The molecule has 0 bridgehead atoms. The number of hydrazine groups is 1. The molecule has 0 aliphatic carbocycles. The summed E-state index contributed by atoms with van der Waals surface area (Å²) in [5, 5.41) is 2.60. The highest BCUT2D eigenvalue weighted by Gasteiger charge is 2.16. The number of carbonyl (C=O) groups is 1. The van der Waals surface area contributed by atoms with E-state index in [1.165, 1.54) is 30.3 Å². The van der Waals surface area contributed by atoms with E-state index in [0.717, 1.165) is 0 Å². The van der Waals surface area contributed by atoms with Gasteiger partial charge in [-0.05, 0) is 52.7 Å². The van der Waals surface area contributed by atoms with Crippen LogP contribution in [-0.2, 0) is 0 Å². The lowest BCUT2D eigenvalue weighted by Gasteiger charge is -2.12. The molecule has 0 radical (unpaired) electrons. The molecule has 2 aromatic carbocycles. The van der Waals surface area contributed by atoms with Crippen molar-refractivity contribution in [3.05, 3.63) is 57.6 Å². The smallest absolute Gasteiger partial charge is 0.257 e. The summed E-state index contributed by atoms with van der Waals surface area (Å²) < 4.78 is 27.1. The molecule has 21 heavy (non-hydrogen) atoms. The lowest BCUT2D eigenvalue weighted by molar-refractivity contribution is 0.102. The molecule has 4 nitrogen and oxygen atoms in total. The standard InChI is InChI=1S/C14H12BrF2N3O/c1-7-5-11(17)9(15)6-12(7)19-14(21)8-3-2-4-10(16)13(8)20-18/h2-6,20H,18H2,1H3,(H,19,21). The number of hydrogen-bond acceptors (Lipinski definition) is 3. The van der Waals surface area contributed by atoms with E-state index in [2.05, 4.69) is 26.7 Å². The van der Waals surface area contributed by atoms with E-state index < -0.39 is 17.5 Å². The highest BCUT2D eigenvalue weighted by molar-refractivity contribution is 9.10. The molecular weight excluding hydrogens is 344 g/mol. The first-order valence-corrected chi connectivity index (χ1v) is 6.75. The predicted octanol–water partition coefficient (Wildman–Crippen LogP) is 3.57. The van der Waals surface area contributed by atoms with Gasteiger partial charge in [0, 0.05) is 5.69 Å². The Morgan fingerprint density at radius 3 is 2.62 bits per heavy atom. The molecule has 0 aliphatic rings. The van der Waals surface area contributed by atoms with Gasteiger partial charge in [-0.1, -0.05) is 6.07 Å². The number of aryl methyl sites for hydroxylation is 1. The largest absolute Gasteiger partial charge is 0.322 e. The van der Waals surface area contributed by atoms with Crippen LogP contribution in [0.2, 0.25) is 0 Å². The third kappa shape index (κ3) is 3.20. The Balaban J connectivity index is 2.35. The van der Waals surface area contributed by atoms with E-state index in [4.69, 9.17) is 5.84 Å². The van der Waals surface area contributed by atoms with Crippen molar-refractivity contribution in [1.29, 1.82) is 0 Å². The molecule has 0 unspecified atom stereocenters. The zero-order valence-electron chi connectivity index (χ0n) is 11.0. The minimum atomic E-state index is -0.637. The van der Waals surface area contributed by atoms with Crippen molar-refractivity contribution in [2.24, 2.45) is 5.84 Å². The fourth-order valence-corrected chi connectivity index (χ4v) is 2.17. The van der Waals surface area contributed by atoms with E-state index >= 15 is 0 Å². The highest BCUT2D eigenvalue weighted by Crippen LogP contribution is 2.26. The van der Waals surface area contributed by atoms with Crippen LogP contribution in [0, 0.1) is 18.6 Å². The number of anilines is 2. The Morgan fingerprint density at radius 2 is 1.95 bits per heavy atom. The number of nitrogens with two attached hydrogens (primary N) is 1. The molecule has 0 aromatic heterocycles. The molecule has 0 saturated heterocycles. The van der Waals surface area contributed by atoms with Gasteiger partial charge in [0.2, 0.25) is 0 Å². The number of nitrogen functional groups attached to an aromatic ring is 1. The summed E-state index contributed by atoms with van der Waals surface area (Å²) in [5.74, 6) is 3.61. The SMILES string of the molecule is Cc1cc(F)c(Br)cc1NC(=O)c1cccc(F)c1NN. The zero-order chi connectivity index (χ0) is 15.6. The van der Waals surface area contributed by atoms with Gasteiger partial charge in [0.25, 0.3) is 5.91 Å². The second-order valence-corrected chi connectivity index (χ2v) is 5.20. The molecule has 0 fully saturated rings. The summed E-state index contributed by atoms with van der Waals surface area (Å²) in [7, 11) is 0. The Bertz CT molecular complexity index is 707. The van der Waals surface area contributed by atoms with Crippen molar-refractivity contribution in [1.82, 2.24) is 0 Å². The van der Waals surface area contributed by atoms with Crippen molar-refractivity contribution in [2.75, 3.05) is 10.7 Å². The van der Waals surface area contributed by atoms with Gasteiger partial charge in [-0.15, -0.1) is 0 Å². The van der Waals surface area contributed by atoms with Crippen molar-refractivity contribution in [3.63, 3.8) is 0 Å². The number of carbonyl (C=O) groups excluding carboxylic acids is 1. The second kappa shape index (κ2) is 6.19. The van der Waals surface area contributed by atoms with Gasteiger partial charge in [0.05, 0.1) is 15.7 Å². The summed E-state index contributed by atoms with van der Waals surface area (Å²) in [6, 6.07) is 6.75. The van der Waals surface area contributed by atoms with Crippen molar-refractivity contribution >= 4 is 33.2 Å². The highest BCUT2D eigenvalue weighted by atomic mass is 79.9. The number of hydrogen-bond donors (Lipinski definition) is 3. The van der Waals surface area contributed by atoms with E-state index in [1.807, 2.05) is 0 Å². The van der Waals surface area contributed by atoms with Crippen LogP contribution in [0.5, 0.6) is 0 Å². The minimum Gasteiger partial charge on any atom is -0.322 e. The summed E-state index contributed by atoms with van der Waals surface area (Å²) in [4.78, 5) is 12.2. The third-order valence-corrected chi connectivity index (χ3v) is 3.53. The number of halogens is 3. The van der Waals surface area contributed by atoms with Crippen LogP contribution in [0.25, 0.3) is 0 Å². The molecule has 2 rings (SSSR count). The van der Waals surface area contributed by atoms with E-state index in [0.29, 0.717) is 11.3 Å². The first-order chi connectivity index (χ1) is 9.93. The van der Waals surface area contributed by atoms with Crippen LogP contribution in [0.4, 0.5) is 20.2 Å². The fraction of sp³-hybridized carbons (Fsp3) is 0.0714. The van der Waals surface area contributed by atoms with Crippen LogP contribution in [0.1, 0.15) is 15.9 Å². The number of para-hydroxylation sites is 1. The molecule has 0 aliphatic heterocycles. The molecule has 0 spiro atoms. The average molecular weight is 356 g/mol. The Labute approximate surface area is 128 Å². The van der Waals surface area contributed by atoms with Gasteiger partial charge in [-0.25, -0.2) is 8.78 Å². The molecule has 1 amide bonds. The fourth-order valence-electron chi connectivity index (χ4n) is 1.83. The third-order valence-electron chi connectivity index (χ3n) is 2.92. The number of nitrogens with one attached hydrogen (secondary N) is 2. The molecule has 0 atom stereocenters. The maximum atomic E-state index is 13.6. The first-order valence-electron chi connectivity index (χ1n) is 5.96. The summed E-state index contributed by atoms with van der Waals surface area (Å²) in [6.07, 6.45) is 0. The van der Waals surface area contributed by atoms with Crippen molar-refractivity contribution in [3.8, 4) is 0 Å². The molecule has 7 heteroatoms. The van der Waals surface area contributed by atoms with Crippen molar-refractivity contribution in [2.45, 2.75) is 6.92 Å². The molecular formula is C14H12BrF2N3O. The molecule has 2 aromatic rings. The minimum absolute atomic E-state index is 0.0531. The van der Waals surface area contributed by atoms with Crippen LogP contribution < -0.4 is 16.6 Å². The Hall–Kier alpha value is -1.99. The quantitative estimate of drug-likeness (QED) is 0.582. The number of rotatable bonds is 3. The summed E-state index contributed by atoms with van der Waals surface area (Å²) in [6.45, 7) is 1.65. The van der Waals surface area contributed by atoms with E-state index in [-0.39, 0.29) is 15.7 Å². The van der Waals surface area contributed by atoms with Crippen LogP contribution in [0.3, 0.4) is 0 Å². The van der Waals surface area contributed by atoms with Gasteiger partial charge in [0.1, 0.15) is 11.6 Å². The van der Waals surface area contributed by atoms with Gasteiger partial charge in [-0.2, -0.15) is 0 Å². The maximum absolute atomic E-state index is 13.6. The summed E-state index contributed by atoms with van der Waals surface area (Å²) >= 11 is 3.05. The number of amides is 1. The Morgan fingerprint density at radius 1 is 1.24 bits per heavy atom.